The zero-order chi connectivity index (χ0) is 11.4. The second-order valence-corrected chi connectivity index (χ2v) is 5.51. The van der Waals surface area contributed by atoms with Crippen LogP contribution in [0.15, 0.2) is 29.2 Å². The highest BCUT2D eigenvalue weighted by molar-refractivity contribution is 7.99. The third-order valence-corrected chi connectivity index (χ3v) is 4.33. The first-order valence-corrected chi connectivity index (χ1v) is 6.90. The van der Waals surface area contributed by atoms with Crippen LogP contribution in [-0.4, -0.2) is 37.3 Å². The molecular formula is C13H20N2S. The number of rotatable bonds is 5. The SMILES string of the molecule is CN(CCCN)CC1CSc2ccccc21. The summed E-state index contributed by atoms with van der Waals surface area (Å²) in [4.78, 5) is 3.87. The summed E-state index contributed by atoms with van der Waals surface area (Å²) < 4.78 is 0. The van der Waals surface area contributed by atoms with E-state index in [1.54, 1.807) is 0 Å². The second-order valence-electron chi connectivity index (χ2n) is 4.45. The lowest BCUT2D eigenvalue weighted by molar-refractivity contribution is 0.316. The molecule has 0 amide bonds. The summed E-state index contributed by atoms with van der Waals surface area (Å²) in [6.07, 6.45) is 1.10. The predicted molar refractivity (Wildman–Crippen MR) is 71.1 cm³/mol. The van der Waals surface area contributed by atoms with E-state index in [4.69, 9.17) is 5.73 Å². The Morgan fingerprint density at radius 1 is 1.44 bits per heavy atom. The van der Waals surface area contributed by atoms with Crippen LogP contribution in [0.3, 0.4) is 0 Å². The van der Waals surface area contributed by atoms with Gasteiger partial charge in [0.2, 0.25) is 0 Å². The molecular weight excluding hydrogens is 216 g/mol. The Kier molecular flexibility index (Phi) is 4.27. The Bertz CT molecular complexity index is 340. The van der Waals surface area contributed by atoms with Crippen molar-refractivity contribution in [1.82, 2.24) is 4.90 Å². The lowest BCUT2D eigenvalue weighted by atomic mass is 10.0. The van der Waals surface area contributed by atoms with Gasteiger partial charge in [0, 0.05) is 23.1 Å². The molecule has 2 rings (SSSR count). The molecule has 1 atom stereocenters. The van der Waals surface area contributed by atoms with Crippen LogP contribution in [-0.2, 0) is 0 Å². The number of nitrogens with zero attached hydrogens (tertiary/aromatic N) is 1. The molecule has 1 heterocycles. The number of hydrogen-bond donors (Lipinski definition) is 1. The van der Waals surface area contributed by atoms with Gasteiger partial charge >= 0.3 is 0 Å². The summed E-state index contributed by atoms with van der Waals surface area (Å²) in [5.74, 6) is 1.93. The van der Waals surface area contributed by atoms with Gasteiger partial charge in [-0.1, -0.05) is 18.2 Å². The Labute approximate surface area is 102 Å². The minimum Gasteiger partial charge on any atom is -0.330 e. The van der Waals surface area contributed by atoms with Crippen molar-refractivity contribution in [2.75, 3.05) is 32.4 Å². The maximum absolute atomic E-state index is 5.53. The van der Waals surface area contributed by atoms with E-state index < -0.39 is 0 Å². The molecule has 3 heteroatoms. The standard InChI is InChI=1S/C13H20N2S/c1-15(8-4-7-14)9-11-10-16-13-6-3-2-5-12(11)13/h2-3,5-6,11H,4,7-10,14H2,1H3. The third kappa shape index (κ3) is 2.78. The fourth-order valence-electron chi connectivity index (χ4n) is 2.21. The Hall–Kier alpha value is -0.510. The van der Waals surface area contributed by atoms with Gasteiger partial charge in [-0.25, -0.2) is 0 Å². The van der Waals surface area contributed by atoms with Crippen molar-refractivity contribution >= 4 is 11.8 Å². The maximum atomic E-state index is 5.53. The van der Waals surface area contributed by atoms with Crippen molar-refractivity contribution < 1.29 is 0 Å². The molecule has 0 spiro atoms. The third-order valence-electron chi connectivity index (χ3n) is 3.07. The Balaban J connectivity index is 1.92. The molecule has 1 aromatic rings. The summed E-state index contributed by atoms with van der Waals surface area (Å²) in [7, 11) is 2.20. The summed E-state index contributed by atoms with van der Waals surface area (Å²) in [5.41, 5.74) is 7.07. The lowest BCUT2D eigenvalue weighted by Crippen LogP contribution is -2.27. The quantitative estimate of drug-likeness (QED) is 0.849. The van der Waals surface area contributed by atoms with Crippen LogP contribution < -0.4 is 5.73 Å². The highest BCUT2D eigenvalue weighted by atomic mass is 32.2. The van der Waals surface area contributed by atoms with Gasteiger partial charge in [-0.15, -0.1) is 11.8 Å². The van der Waals surface area contributed by atoms with Crippen LogP contribution in [0.5, 0.6) is 0 Å². The van der Waals surface area contributed by atoms with Crippen molar-refractivity contribution in [2.24, 2.45) is 5.73 Å². The van der Waals surface area contributed by atoms with Crippen LogP contribution >= 0.6 is 11.8 Å². The molecule has 2 nitrogen and oxygen atoms in total. The molecule has 1 aliphatic rings. The summed E-state index contributed by atoms with van der Waals surface area (Å²) in [5, 5.41) is 0. The lowest BCUT2D eigenvalue weighted by Gasteiger charge is -2.20. The monoisotopic (exact) mass is 236 g/mol. The van der Waals surface area contributed by atoms with Crippen LogP contribution in [0.4, 0.5) is 0 Å². The number of likely N-dealkylation sites (N-methyl/N-ethyl adjacent to an activating group) is 1. The topological polar surface area (TPSA) is 29.3 Å². The van der Waals surface area contributed by atoms with Gasteiger partial charge < -0.3 is 10.6 Å². The number of nitrogens with two attached hydrogens (primary N) is 1. The van der Waals surface area contributed by atoms with E-state index in [1.807, 2.05) is 11.8 Å². The molecule has 2 N–H and O–H groups in total. The van der Waals surface area contributed by atoms with E-state index in [9.17, 15) is 0 Å². The molecule has 0 radical (unpaired) electrons. The highest BCUT2D eigenvalue weighted by Crippen LogP contribution is 2.39. The van der Waals surface area contributed by atoms with Gasteiger partial charge in [-0.3, -0.25) is 0 Å². The second kappa shape index (κ2) is 5.71. The smallest absolute Gasteiger partial charge is 0.0108 e. The summed E-state index contributed by atoms with van der Waals surface area (Å²) in [6, 6.07) is 8.79. The minimum atomic E-state index is 0.698. The fraction of sp³-hybridized carbons (Fsp3) is 0.538. The van der Waals surface area contributed by atoms with Gasteiger partial charge in [-0.05, 0) is 38.2 Å². The minimum absolute atomic E-state index is 0.698. The molecule has 0 saturated carbocycles. The van der Waals surface area contributed by atoms with Crippen LogP contribution in [0.2, 0.25) is 0 Å². The molecule has 0 fully saturated rings. The molecule has 0 aromatic heterocycles. The van der Waals surface area contributed by atoms with Crippen molar-refractivity contribution in [3.8, 4) is 0 Å². The molecule has 0 aliphatic carbocycles. The zero-order valence-corrected chi connectivity index (χ0v) is 10.7. The van der Waals surface area contributed by atoms with Crippen LogP contribution in [0.1, 0.15) is 17.9 Å². The number of hydrogen-bond acceptors (Lipinski definition) is 3. The first-order valence-electron chi connectivity index (χ1n) is 5.91. The largest absolute Gasteiger partial charge is 0.330 e. The van der Waals surface area contributed by atoms with Gasteiger partial charge in [0.15, 0.2) is 0 Å². The fourth-order valence-corrected chi connectivity index (χ4v) is 3.45. The number of benzene rings is 1. The Morgan fingerprint density at radius 3 is 3.06 bits per heavy atom. The molecule has 1 aromatic carbocycles. The van der Waals surface area contributed by atoms with Gasteiger partial charge in [0.25, 0.3) is 0 Å². The molecule has 1 aliphatic heterocycles. The van der Waals surface area contributed by atoms with E-state index >= 15 is 0 Å². The average molecular weight is 236 g/mol. The number of thioether (sulfide) groups is 1. The predicted octanol–water partition coefficient (Wildman–Crippen LogP) is 2.16. The van der Waals surface area contributed by atoms with Crippen molar-refractivity contribution in [3.05, 3.63) is 29.8 Å². The number of fused-ring (bicyclic) bond motifs is 1. The van der Waals surface area contributed by atoms with E-state index in [0.29, 0.717) is 5.92 Å². The zero-order valence-electron chi connectivity index (χ0n) is 9.86. The van der Waals surface area contributed by atoms with Gasteiger partial charge in [-0.2, -0.15) is 0 Å². The average Bonchev–Trinajstić information content (AvgIpc) is 2.70. The van der Waals surface area contributed by atoms with Gasteiger partial charge in [0.05, 0.1) is 0 Å². The first kappa shape index (κ1) is 12.0. The molecule has 0 saturated heterocycles. The molecule has 88 valence electrons. The van der Waals surface area contributed by atoms with Crippen LogP contribution in [0, 0.1) is 0 Å². The molecule has 1 unspecified atom stereocenters. The molecule has 0 bridgehead atoms. The van der Waals surface area contributed by atoms with E-state index in [-0.39, 0.29) is 0 Å². The molecule has 16 heavy (non-hydrogen) atoms. The van der Waals surface area contributed by atoms with E-state index in [1.165, 1.54) is 16.2 Å². The summed E-state index contributed by atoms with van der Waals surface area (Å²) >= 11 is 1.99. The summed E-state index contributed by atoms with van der Waals surface area (Å²) in [6.45, 7) is 3.06. The van der Waals surface area contributed by atoms with Crippen molar-refractivity contribution in [1.29, 1.82) is 0 Å². The van der Waals surface area contributed by atoms with E-state index in [2.05, 4.69) is 36.2 Å². The van der Waals surface area contributed by atoms with Gasteiger partial charge in [0.1, 0.15) is 0 Å². The van der Waals surface area contributed by atoms with Crippen molar-refractivity contribution in [2.45, 2.75) is 17.2 Å². The maximum Gasteiger partial charge on any atom is 0.0108 e. The van der Waals surface area contributed by atoms with Crippen LogP contribution in [0.25, 0.3) is 0 Å². The van der Waals surface area contributed by atoms with Crippen molar-refractivity contribution in [3.63, 3.8) is 0 Å². The highest BCUT2D eigenvalue weighted by Gasteiger charge is 2.23. The first-order chi connectivity index (χ1) is 7.81. The normalized spacial score (nSPS) is 19.1. The Morgan fingerprint density at radius 2 is 2.25 bits per heavy atom. The van der Waals surface area contributed by atoms with E-state index in [0.717, 1.165) is 26.1 Å².